The molecule has 8 heavy (non-hydrogen) atoms. The third-order valence-electron chi connectivity index (χ3n) is 0.774. The molecule has 0 saturated carbocycles. The van der Waals surface area contributed by atoms with E-state index in [9.17, 15) is 9.90 Å². The Morgan fingerprint density at radius 1 is 1.50 bits per heavy atom. The molecule has 0 bridgehead atoms. The van der Waals surface area contributed by atoms with Crippen LogP contribution in [0.4, 0.5) is 0 Å². The van der Waals surface area contributed by atoms with Gasteiger partial charge in [-0.3, -0.25) is 0 Å². The summed E-state index contributed by atoms with van der Waals surface area (Å²) in [4.78, 5) is 9.73. The fraction of sp³-hybridized carbons (Fsp3) is 0.750. The van der Waals surface area contributed by atoms with E-state index >= 15 is 0 Å². The molecular weight excluding hydrogens is 112 g/mol. The molecule has 2 N–H and O–H groups in total. The Balaban J connectivity index is 3.52. The highest BCUT2D eigenvalue weighted by Gasteiger charge is 2.04. The first kappa shape index (κ1) is 7.39. The van der Waals surface area contributed by atoms with Gasteiger partial charge < -0.3 is 20.1 Å². The highest BCUT2D eigenvalue weighted by atomic mass is 16.4. The van der Waals surface area contributed by atoms with Gasteiger partial charge in [0.15, 0.2) is 0 Å². The number of aliphatic hydroxyl groups excluding tert-OH is 2. The second kappa shape index (κ2) is 3.40. The van der Waals surface area contributed by atoms with Gasteiger partial charge in [-0.2, -0.15) is 0 Å². The number of aliphatic carboxylic acids is 1. The van der Waals surface area contributed by atoms with Crippen LogP contribution >= 0.6 is 0 Å². The van der Waals surface area contributed by atoms with Crippen LogP contribution in [0.15, 0.2) is 0 Å². The minimum atomic E-state index is -1.42. The Labute approximate surface area is 46.4 Å². The quantitative estimate of drug-likeness (QED) is 0.425. The standard InChI is InChI=1S/C4H8O4/c5-1-3(2-6)4(7)8/h3,5-6H,1-2H2,(H,7,8)/p-1. The summed E-state index contributed by atoms with van der Waals surface area (Å²) in [5, 5.41) is 26.0. The molecule has 0 spiro atoms. The summed E-state index contributed by atoms with van der Waals surface area (Å²) >= 11 is 0. The van der Waals surface area contributed by atoms with Crippen LogP contribution in [0.5, 0.6) is 0 Å². The molecule has 0 aliphatic carbocycles. The van der Waals surface area contributed by atoms with Gasteiger partial charge in [0.25, 0.3) is 0 Å². The van der Waals surface area contributed by atoms with Crippen molar-refractivity contribution < 1.29 is 20.1 Å². The van der Waals surface area contributed by atoms with Gasteiger partial charge in [-0.1, -0.05) is 0 Å². The first-order chi connectivity index (χ1) is 3.72. The van der Waals surface area contributed by atoms with E-state index in [0.29, 0.717) is 0 Å². The lowest BCUT2D eigenvalue weighted by atomic mass is 10.2. The second-order valence-corrected chi connectivity index (χ2v) is 1.38. The molecule has 4 nitrogen and oxygen atoms in total. The molecule has 0 fully saturated rings. The molecule has 0 aliphatic rings. The van der Waals surface area contributed by atoms with Crippen molar-refractivity contribution in [1.29, 1.82) is 0 Å². The maximum Gasteiger partial charge on any atom is 0.0533 e. The van der Waals surface area contributed by atoms with Gasteiger partial charge in [-0.05, 0) is 0 Å². The van der Waals surface area contributed by atoms with Gasteiger partial charge in [0.05, 0.1) is 13.2 Å². The van der Waals surface area contributed by atoms with Crippen molar-refractivity contribution in [1.82, 2.24) is 0 Å². The molecular formula is C4H7O4-. The van der Waals surface area contributed by atoms with Crippen molar-refractivity contribution in [2.75, 3.05) is 13.2 Å². The maximum absolute atomic E-state index is 9.73. The molecule has 0 aromatic carbocycles. The van der Waals surface area contributed by atoms with E-state index in [1.165, 1.54) is 0 Å². The number of carbonyl (C=O) groups is 1. The number of aliphatic hydroxyl groups is 2. The topological polar surface area (TPSA) is 80.6 Å². The molecule has 0 rings (SSSR count). The normalized spacial score (nSPS) is 9.88. The molecule has 0 aromatic heterocycles. The van der Waals surface area contributed by atoms with Crippen LogP contribution in [0.1, 0.15) is 0 Å². The van der Waals surface area contributed by atoms with E-state index in [-0.39, 0.29) is 0 Å². The van der Waals surface area contributed by atoms with Crippen molar-refractivity contribution >= 4 is 5.97 Å². The average Bonchev–Trinajstić information content (AvgIpc) is 1.69. The summed E-state index contributed by atoms with van der Waals surface area (Å²) in [6, 6.07) is 0. The summed E-state index contributed by atoms with van der Waals surface area (Å²) < 4.78 is 0. The summed E-state index contributed by atoms with van der Waals surface area (Å²) in [5.41, 5.74) is 0. The molecule has 0 aliphatic heterocycles. The van der Waals surface area contributed by atoms with Crippen LogP contribution in [-0.4, -0.2) is 29.4 Å². The monoisotopic (exact) mass is 119 g/mol. The van der Waals surface area contributed by atoms with Crippen LogP contribution in [0, 0.1) is 5.92 Å². The largest absolute Gasteiger partial charge is 0.550 e. The van der Waals surface area contributed by atoms with Crippen LogP contribution in [0.2, 0.25) is 0 Å². The van der Waals surface area contributed by atoms with Crippen molar-refractivity contribution in [3.63, 3.8) is 0 Å². The molecule has 0 unspecified atom stereocenters. The molecule has 0 aromatic rings. The van der Waals surface area contributed by atoms with E-state index in [4.69, 9.17) is 10.2 Å². The first-order valence-electron chi connectivity index (χ1n) is 2.15. The lowest BCUT2D eigenvalue weighted by molar-refractivity contribution is -0.313. The maximum atomic E-state index is 9.73. The molecule has 0 amide bonds. The van der Waals surface area contributed by atoms with Gasteiger partial charge >= 0.3 is 0 Å². The van der Waals surface area contributed by atoms with Gasteiger partial charge in [0, 0.05) is 11.9 Å². The minimum Gasteiger partial charge on any atom is -0.550 e. The molecule has 4 heteroatoms. The van der Waals surface area contributed by atoms with Gasteiger partial charge in [-0.25, -0.2) is 0 Å². The Hall–Kier alpha value is -0.610. The summed E-state index contributed by atoms with van der Waals surface area (Å²) in [6.07, 6.45) is 0. The second-order valence-electron chi connectivity index (χ2n) is 1.38. The number of hydrogen-bond donors (Lipinski definition) is 2. The SMILES string of the molecule is O=C([O-])C(CO)CO. The molecule has 48 valence electrons. The van der Waals surface area contributed by atoms with Gasteiger partial charge in [-0.15, -0.1) is 0 Å². The Morgan fingerprint density at radius 3 is 1.88 bits per heavy atom. The fourth-order valence-electron chi connectivity index (χ4n) is 0.207. The predicted octanol–water partition coefficient (Wildman–Crippen LogP) is -2.66. The molecule has 0 radical (unpaired) electrons. The van der Waals surface area contributed by atoms with Crippen LogP contribution < -0.4 is 5.11 Å². The van der Waals surface area contributed by atoms with E-state index in [1.54, 1.807) is 0 Å². The lowest BCUT2D eigenvalue weighted by Gasteiger charge is -2.09. The van der Waals surface area contributed by atoms with Gasteiger partial charge in [0.2, 0.25) is 0 Å². The lowest BCUT2D eigenvalue weighted by Crippen LogP contribution is -2.35. The zero-order valence-electron chi connectivity index (χ0n) is 4.20. The summed E-state index contributed by atoms with van der Waals surface area (Å²) in [6.45, 7) is -1.14. The van der Waals surface area contributed by atoms with Crippen molar-refractivity contribution in [2.24, 2.45) is 5.92 Å². The number of hydrogen-bond acceptors (Lipinski definition) is 4. The number of carboxylic acid groups (broad SMARTS) is 1. The average molecular weight is 119 g/mol. The first-order valence-corrected chi connectivity index (χ1v) is 2.15. The van der Waals surface area contributed by atoms with E-state index in [1.807, 2.05) is 0 Å². The predicted molar refractivity (Wildman–Crippen MR) is 22.7 cm³/mol. The van der Waals surface area contributed by atoms with Crippen molar-refractivity contribution in [3.05, 3.63) is 0 Å². The summed E-state index contributed by atoms with van der Waals surface area (Å²) in [7, 11) is 0. The highest BCUT2D eigenvalue weighted by Crippen LogP contribution is 1.87. The minimum absolute atomic E-state index is 0.571. The third-order valence-corrected chi connectivity index (χ3v) is 0.774. The van der Waals surface area contributed by atoms with E-state index in [0.717, 1.165) is 0 Å². The zero-order valence-corrected chi connectivity index (χ0v) is 4.20. The Bertz CT molecular complexity index is 76.1. The molecule has 0 saturated heterocycles. The Morgan fingerprint density at radius 2 is 1.88 bits per heavy atom. The number of rotatable bonds is 3. The fourth-order valence-corrected chi connectivity index (χ4v) is 0.207. The van der Waals surface area contributed by atoms with Gasteiger partial charge in [0.1, 0.15) is 0 Å². The van der Waals surface area contributed by atoms with E-state index in [2.05, 4.69) is 0 Å². The smallest absolute Gasteiger partial charge is 0.0533 e. The molecule has 0 atom stereocenters. The van der Waals surface area contributed by atoms with Crippen molar-refractivity contribution in [3.8, 4) is 0 Å². The zero-order chi connectivity index (χ0) is 6.57. The van der Waals surface area contributed by atoms with E-state index < -0.39 is 25.1 Å². The highest BCUT2D eigenvalue weighted by molar-refractivity contribution is 5.67. The van der Waals surface area contributed by atoms with Crippen LogP contribution in [0.25, 0.3) is 0 Å². The number of carbonyl (C=O) groups excluding carboxylic acids is 1. The number of carboxylic acids is 1. The van der Waals surface area contributed by atoms with Crippen LogP contribution in [-0.2, 0) is 4.79 Å². The third kappa shape index (κ3) is 1.90. The van der Waals surface area contributed by atoms with Crippen LogP contribution in [0.3, 0.4) is 0 Å². The van der Waals surface area contributed by atoms with Crippen molar-refractivity contribution in [2.45, 2.75) is 0 Å². The summed E-state index contributed by atoms with van der Waals surface area (Å²) in [5.74, 6) is -2.55. The Kier molecular flexibility index (Phi) is 3.14. The molecule has 0 heterocycles.